The highest BCUT2D eigenvalue weighted by atomic mass is 32.2. The van der Waals surface area contributed by atoms with Crippen molar-refractivity contribution in [3.63, 3.8) is 0 Å². The molecule has 1 aliphatic rings. The quantitative estimate of drug-likeness (QED) is 0.547. The van der Waals surface area contributed by atoms with Crippen LogP contribution in [0.15, 0.2) is 47.4 Å². The highest BCUT2D eigenvalue weighted by Crippen LogP contribution is 2.23. The van der Waals surface area contributed by atoms with Gasteiger partial charge in [0.2, 0.25) is 11.9 Å². The number of anilines is 2. The summed E-state index contributed by atoms with van der Waals surface area (Å²) in [6.45, 7) is 5.33. The topological polar surface area (TPSA) is 117 Å². The Morgan fingerprint density at radius 3 is 2.50 bits per heavy atom. The lowest BCUT2D eigenvalue weighted by molar-refractivity contribution is 0.102. The van der Waals surface area contributed by atoms with Gasteiger partial charge in [0.25, 0.3) is 5.91 Å². The monoisotopic (exact) mass is 455 g/mol. The fourth-order valence-corrected chi connectivity index (χ4v) is 4.78. The van der Waals surface area contributed by atoms with Crippen molar-refractivity contribution < 1.29 is 17.4 Å². The fraction of sp³-hybridized carbons (Fsp3) is 0.318. The van der Waals surface area contributed by atoms with Crippen LogP contribution in [-0.4, -0.2) is 42.6 Å². The van der Waals surface area contributed by atoms with E-state index in [0.29, 0.717) is 17.1 Å². The van der Waals surface area contributed by atoms with Gasteiger partial charge in [0.1, 0.15) is 10.6 Å². The number of hydrogen-bond donors (Lipinski definition) is 2. The zero-order valence-corrected chi connectivity index (χ0v) is 18.8. The molecule has 1 aromatic heterocycles. The van der Waals surface area contributed by atoms with Crippen LogP contribution in [-0.2, 0) is 10.1 Å². The van der Waals surface area contributed by atoms with Gasteiger partial charge in [0, 0.05) is 18.7 Å². The van der Waals surface area contributed by atoms with Gasteiger partial charge in [0.15, 0.2) is 0 Å². The SMILES string of the molecule is Cc1ccc(C)c(S(=O)(=O)Oc2ccc(C(=O)Nc3nc(N4CCCCC4)n[nH]3)cc2)c1. The molecule has 0 aliphatic carbocycles. The van der Waals surface area contributed by atoms with Crippen LogP contribution >= 0.6 is 0 Å². The lowest BCUT2D eigenvalue weighted by Gasteiger charge is -2.24. The van der Waals surface area contributed by atoms with Crippen molar-refractivity contribution in [1.82, 2.24) is 15.2 Å². The first-order valence-electron chi connectivity index (χ1n) is 10.4. The van der Waals surface area contributed by atoms with E-state index in [0.717, 1.165) is 31.5 Å². The normalized spacial score (nSPS) is 14.2. The molecule has 10 heteroatoms. The minimum Gasteiger partial charge on any atom is -0.379 e. The molecule has 3 aromatic rings. The number of carbonyl (C=O) groups is 1. The number of aromatic amines is 1. The van der Waals surface area contributed by atoms with Crippen LogP contribution in [0.4, 0.5) is 11.9 Å². The largest absolute Gasteiger partial charge is 0.379 e. The third-order valence-corrected chi connectivity index (χ3v) is 6.67. The number of carbonyl (C=O) groups excluding carboxylic acids is 1. The van der Waals surface area contributed by atoms with E-state index in [4.69, 9.17) is 4.18 Å². The Balaban J connectivity index is 1.41. The molecule has 0 unspecified atom stereocenters. The maximum absolute atomic E-state index is 12.6. The second kappa shape index (κ2) is 8.99. The summed E-state index contributed by atoms with van der Waals surface area (Å²) >= 11 is 0. The van der Waals surface area contributed by atoms with Gasteiger partial charge in [0.05, 0.1) is 0 Å². The fourth-order valence-electron chi connectivity index (χ4n) is 3.53. The molecule has 9 nitrogen and oxygen atoms in total. The number of aromatic nitrogens is 3. The van der Waals surface area contributed by atoms with Crippen molar-refractivity contribution in [3.05, 3.63) is 59.2 Å². The Morgan fingerprint density at radius 2 is 1.78 bits per heavy atom. The van der Waals surface area contributed by atoms with Crippen LogP contribution in [0.2, 0.25) is 0 Å². The molecule has 2 N–H and O–H groups in total. The predicted octanol–water partition coefficient (Wildman–Crippen LogP) is 3.43. The number of amides is 1. The molecule has 1 aliphatic heterocycles. The van der Waals surface area contributed by atoms with Crippen molar-refractivity contribution in [2.24, 2.45) is 0 Å². The van der Waals surface area contributed by atoms with Crippen LogP contribution in [0.1, 0.15) is 40.7 Å². The predicted molar refractivity (Wildman–Crippen MR) is 121 cm³/mol. The van der Waals surface area contributed by atoms with Gasteiger partial charge >= 0.3 is 10.1 Å². The molecule has 0 saturated carbocycles. The summed E-state index contributed by atoms with van der Waals surface area (Å²) in [5.41, 5.74) is 1.75. The van der Waals surface area contributed by atoms with Crippen LogP contribution in [0.3, 0.4) is 0 Å². The average molecular weight is 456 g/mol. The number of benzene rings is 2. The lowest BCUT2D eigenvalue weighted by Crippen LogP contribution is -2.30. The second-order valence-corrected chi connectivity index (χ2v) is 9.33. The third-order valence-electron chi connectivity index (χ3n) is 5.28. The van der Waals surface area contributed by atoms with Gasteiger partial charge < -0.3 is 9.08 Å². The van der Waals surface area contributed by atoms with E-state index in [2.05, 4.69) is 25.4 Å². The van der Waals surface area contributed by atoms with E-state index < -0.39 is 16.0 Å². The molecule has 32 heavy (non-hydrogen) atoms. The highest BCUT2D eigenvalue weighted by molar-refractivity contribution is 7.87. The number of piperidine rings is 1. The van der Waals surface area contributed by atoms with Crippen molar-refractivity contribution in [3.8, 4) is 5.75 Å². The standard InChI is InChI=1S/C22H25N5O4S/c1-15-6-7-16(2)19(14-15)32(29,30)31-18-10-8-17(9-11-18)20(28)23-21-24-22(26-25-21)27-12-4-3-5-13-27/h6-11,14H,3-5,12-13H2,1-2H3,(H2,23,24,25,26,28). The van der Waals surface area contributed by atoms with Gasteiger partial charge in [-0.15, -0.1) is 5.10 Å². The van der Waals surface area contributed by atoms with Crippen molar-refractivity contribution in [1.29, 1.82) is 0 Å². The third kappa shape index (κ3) is 4.91. The second-order valence-electron chi connectivity index (χ2n) is 7.82. The maximum atomic E-state index is 12.6. The molecule has 0 atom stereocenters. The highest BCUT2D eigenvalue weighted by Gasteiger charge is 2.20. The van der Waals surface area contributed by atoms with Crippen molar-refractivity contribution in [2.45, 2.75) is 38.0 Å². The van der Waals surface area contributed by atoms with Crippen LogP contribution < -0.4 is 14.4 Å². The molecule has 0 radical (unpaired) electrons. The number of hydrogen-bond acceptors (Lipinski definition) is 7. The van der Waals surface area contributed by atoms with E-state index in [1.54, 1.807) is 19.1 Å². The number of nitrogens with one attached hydrogen (secondary N) is 2. The summed E-state index contributed by atoms with van der Waals surface area (Å²) in [5.74, 6) is 0.554. The molecule has 1 amide bonds. The van der Waals surface area contributed by atoms with Gasteiger partial charge in [-0.2, -0.15) is 13.4 Å². The smallest absolute Gasteiger partial charge is 0.339 e. The van der Waals surface area contributed by atoms with E-state index in [9.17, 15) is 13.2 Å². The van der Waals surface area contributed by atoms with E-state index >= 15 is 0 Å². The zero-order chi connectivity index (χ0) is 22.7. The summed E-state index contributed by atoms with van der Waals surface area (Å²) in [7, 11) is -3.98. The van der Waals surface area contributed by atoms with Crippen molar-refractivity contribution in [2.75, 3.05) is 23.3 Å². The lowest BCUT2D eigenvalue weighted by atomic mass is 10.1. The Kier molecular flexibility index (Phi) is 6.13. The number of H-pyrrole nitrogens is 1. The molecular weight excluding hydrogens is 430 g/mol. The summed E-state index contributed by atoms with van der Waals surface area (Å²) in [4.78, 5) is 19.1. The number of nitrogens with zero attached hydrogens (tertiary/aromatic N) is 3. The molecule has 168 valence electrons. The first-order chi connectivity index (χ1) is 15.3. The summed E-state index contributed by atoms with van der Waals surface area (Å²) < 4.78 is 30.5. The van der Waals surface area contributed by atoms with Crippen molar-refractivity contribution >= 4 is 27.9 Å². The van der Waals surface area contributed by atoms with E-state index in [1.165, 1.54) is 30.7 Å². The molecule has 2 aromatic carbocycles. The molecule has 0 bridgehead atoms. The molecule has 4 rings (SSSR count). The van der Waals surface area contributed by atoms with Crippen LogP contribution in [0.25, 0.3) is 0 Å². The molecule has 1 fully saturated rings. The van der Waals surface area contributed by atoms with Gasteiger partial charge in [-0.05, 0) is 74.6 Å². The summed E-state index contributed by atoms with van der Waals surface area (Å²) in [6, 6.07) is 11.0. The van der Waals surface area contributed by atoms with Gasteiger partial charge in [-0.1, -0.05) is 12.1 Å². The first kappa shape index (κ1) is 21.8. The van der Waals surface area contributed by atoms with Crippen LogP contribution in [0, 0.1) is 13.8 Å². The van der Waals surface area contributed by atoms with Gasteiger partial charge in [-0.3, -0.25) is 10.1 Å². The van der Waals surface area contributed by atoms with E-state index in [-0.39, 0.29) is 16.6 Å². The first-order valence-corrected chi connectivity index (χ1v) is 11.8. The Morgan fingerprint density at radius 1 is 1.06 bits per heavy atom. The zero-order valence-electron chi connectivity index (χ0n) is 18.0. The maximum Gasteiger partial charge on any atom is 0.339 e. The average Bonchev–Trinajstić information content (AvgIpc) is 3.24. The Labute approximate surface area is 186 Å². The summed E-state index contributed by atoms with van der Waals surface area (Å²) in [5, 5.41) is 9.58. The Hall–Kier alpha value is -3.40. The molecular formula is C22H25N5O4S. The minimum absolute atomic E-state index is 0.120. The minimum atomic E-state index is -3.98. The number of aryl methyl sites for hydroxylation is 2. The molecule has 2 heterocycles. The summed E-state index contributed by atoms with van der Waals surface area (Å²) in [6.07, 6.45) is 3.41. The molecule has 1 saturated heterocycles. The molecule has 0 spiro atoms. The Bertz CT molecular complexity index is 1220. The van der Waals surface area contributed by atoms with E-state index in [1.807, 2.05) is 13.0 Å². The van der Waals surface area contributed by atoms with Gasteiger partial charge in [-0.25, -0.2) is 5.10 Å². The number of rotatable bonds is 6. The van der Waals surface area contributed by atoms with Crippen LogP contribution in [0.5, 0.6) is 5.75 Å².